The van der Waals surface area contributed by atoms with Crippen LogP contribution < -0.4 is 16.4 Å². The summed E-state index contributed by atoms with van der Waals surface area (Å²) in [4.78, 5) is 39.0. The number of pyridine rings is 1. The molecule has 0 atom stereocenters. The molecule has 23 heavy (non-hydrogen) atoms. The van der Waals surface area contributed by atoms with E-state index in [4.69, 9.17) is 0 Å². The largest absolute Gasteiger partial charge is 0.350 e. The van der Waals surface area contributed by atoms with Crippen molar-refractivity contribution in [3.63, 3.8) is 0 Å². The standard InChI is InChI=1S/C15H15N5O3/c1-9-2-3-12-17-11(8-20(12)7-9)6-16-13(21)4-10-5-14(22)18-19-15(10)23/h2-3,5,7-8H,4,6H2,1H3,(H,16,21)(H,18,22)(H,19,23). The fourth-order valence-electron chi connectivity index (χ4n) is 2.26. The van der Waals surface area contributed by atoms with Gasteiger partial charge in [-0.3, -0.25) is 24.6 Å². The minimum absolute atomic E-state index is 0.122. The normalized spacial score (nSPS) is 10.8. The van der Waals surface area contributed by atoms with Crippen LogP contribution in [0.4, 0.5) is 0 Å². The molecule has 0 fully saturated rings. The third kappa shape index (κ3) is 3.37. The van der Waals surface area contributed by atoms with E-state index in [1.807, 2.05) is 35.9 Å². The van der Waals surface area contributed by atoms with Crippen LogP contribution in [-0.2, 0) is 17.8 Å². The first-order valence-corrected chi connectivity index (χ1v) is 7.03. The maximum absolute atomic E-state index is 11.9. The van der Waals surface area contributed by atoms with E-state index < -0.39 is 11.1 Å². The molecule has 0 aromatic carbocycles. The molecule has 0 spiro atoms. The van der Waals surface area contributed by atoms with E-state index in [2.05, 4.69) is 20.5 Å². The third-order valence-electron chi connectivity index (χ3n) is 3.36. The van der Waals surface area contributed by atoms with E-state index in [1.165, 1.54) is 0 Å². The van der Waals surface area contributed by atoms with Gasteiger partial charge in [0.25, 0.3) is 11.1 Å². The van der Waals surface area contributed by atoms with Gasteiger partial charge in [0, 0.05) is 24.0 Å². The Bertz CT molecular complexity index is 982. The van der Waals surface area contributed by atoms with Crippen LogP contribution in [0, 0.1) is 6.92 Å². The number of aromatic nitrogens is 4. The van der Waals surface area contributed by atoms with Crippen molar-refractivity contribution in [2.24, 2.45) is 0 Å². The highest BCUT2D eigenvalue weighted by Gasteiger charge is 2.09. The molecule has 118 valence electrons. The molecule has 8 heteroatoms. The summed E-state index contributed by atoms with van der Waals surface area (Å²) in [6.07, 6.45) is 3.62. The van der Waals surface area contributed by atoms with E-state index in [9.17, 15) is 14.4 Å². The number of carbonyl (C=O) groups is 1. The van der Waals surface area contributed by atoms with E-state index >= 15 is 0 Å². The molecule has 3 rings (SSSR count). The number of aryl methyl sites for hydroxylation is 1. The van der Waals surface area contributed by atoms with E-state index in [0.29, 0.717) is 5.69 Å². The Morgan fingerprint density at radius 2 is 2.09 bits per heavy atom. The molecular weight excluding hydrogens is 298 g/mol. The number of nitrogens with zero attached hydrogens (tertiary/aromatic N) is 2. The monoisotopic (exact) mass is 313 g/mol. The van der Waals surface area contributed by atoms with Crippen LogP contribution in [0.2, 0.25) is 0 Å². The second-order valence-corrected chi connectivity index (χ2v) is 5.27. The molecule has 0 aliphatic carbocycles. The molecule has 3 aromatic rings. The SMILES string of the molecule is Cc1ccc2nc(CNC(=O)Cc3cc(=O)[nH][nH]c3=O)cn2c1. The number of amides is 1. The zero-order valence-electron chi connectivity index (χ0n) is 12.4. The van der Waals surface area contributed by atoms with E-state index in [1.54, 1.807) is 0 Å². The van der Waals surface area contributed by atoms with Crippen molar-refractivity contribution in [1.82, 2.24) is 24.9 Å². The first-order valence-electron chi connectivity index (χ1n) is 7.03. The maximum Gasteiger partial charge on any atom is 0.266 e. The van der Waals surface area contributed by atoms with Crippen molar-refractivity contribution in [1.29, 1.82) is 0 Å². The summed E-state index contributed by atoms with van der Waals surface area (Å²) in [5.74, 6) is -0.352. The number of fused-ring (bicyclic) bond motifs is 1. The second kappa shape index (κ2) is 5.91. The van der Waals surface area contributed by atoms with Gasteiger partial charge in [-0.15, -0.1) is 0 Å². The van der Waals surface area contributed by atoms with Crippen LogP contribution in [0.15, 0.2) is 40.2 Å². The maximum atomic E-state index is 11.9. The summed E-state index contributed by atoms with van der Waals surface area (Å²) >= 11 is 0. The topological polar surface area (TPSA) is 112 Å². The van der Waals surface area contributed by atoms with Gasteiger partial charge in [0.15, 0.2) is 0 Å². The lowest BCUT2D eigenvalue weighted by molar-refractivity contribution is -0.120. The zero-order chi connectivity index (χ0) is 16.4. The van der Waals surface area contributed by atoms with Crippen molar-refractivity contribution in [2.45, 2.75) is 19.9 Å². The molecule has 3 heterocycles. The molecular formula is C15H15N5O3. The third-order valence-corrected chi connectivity index (χ3v) is 3.36. The lowest BCUT2D eigenvalue weighted by Crippen LogP contribution is -2.29. The quantitative estimate of drug-likeness (QED) is 0.623. The smallest absolute Gasteiger partial charge is 0.266 e. The fourth-order valence-corrected chi connectivity index (χ4v) is 2.26. The molecule has 0 radical (unpaired) electrons. The van der Waals surface area contributed by atoms with Gasteiger partial charge in [-0.05, 0) is 18.6 Å². The van der Waals surface area contributed by atoms with Crippen molar-refractivity contribution in [3.8, 4) is 0 Å². The number of H-pyrrole nitrogens is 2. The highest BCUT2D eigenvalue weighted by atomic mass is 16.2. The fraction of sp³-hybridized carbons (Fsp3) is 0.200. The average molecular weight is 313 g/mol. The number of hydrogen-bond donors (Lipinski definition) is 3. The molecule has 1 amide bonds. The van der Waals surface area contributed by atoms with Crippen LogP contribution in [0.3, 0.4) is 0 Å². The highest BCUT2D eigenvalue weighted by molar-refractivity contribution is 5.78. The summed E-state index contributed by atoms with van der Waals surface area (Å²) in [7, 11) is 0. The Morgan fingerprint density at radius 3 is 2.91 bits per heavy atom. The van der Waals surface area contributed by atoms with Gasteiger partial charge in [0.2, 0.25) is 5.91 Å². The first kappa shape index (κ1) is 14.8. The molecule has 0 bridgehead atoms. The lowest BCUT2D eigenvalue weighted by Gasteiger charge is -2.02. The molecule has 8 nitrogen and oxygen atoms in total. The molecule has 0 saturated heterocycles. The number of hydrogen-bond acceptors (Lipinski definition) is 4. The molecule has 0 aliphatic rings. The van der Waals surface area contributed by atoms with Crippen LogP contribution in [-0.4, -0.2) is 25.5 Å². The number of rotatable bonds is 4. The second-order valence-electron chi connectivity index (χ2n) is 5.27. The Balaban J connectivity index is 1.67. The molecule has 3 aromatic heterocycles. The van der Waals surface area contributed by atoms with Crippen molar-refractivity contribution < 1.29 is 4.79 Å². The summed E-state index contributed by atoms with van der Waals surface area (Å²) in [5.41, 5.74) is 1.80. The summed E-state index contributed by atoms with van der Waals surface area (Å²) in [6.45, 7) is 2.24. The van der Waals surface area contributed by atoms with Crippen LogP contribution in [0.5, 0.6) is 0 Å². The Kier molecular flexibility index (Phi) is 3.80. The van der Waals surface area contributed by atoms with Crippen molar-refractivity contribution in [2.75, 3.05) is 0 Å². The van der Waals surface area contributed by atoms with Gasteiger partial charge in [0.05, 0.1) is 18.7 Å². The Morgan fingerprint density at radius 1 is 1.26 bits per heavy atom. The highest BCUT2D eigenvalue weighted by Crippen LogP contribution is 2.07. The molecule has 0 unspecified atom stereocenters. The van der Waals surface area contributed by atoms with Crippen molar-refractivity contribution >= 4 is 11.6 Å². The molecule has 0 saturated carbocycles. The summed E-state index contributed by atoms with van der Waals surface area (Å²) in [6, 6.07) is 4.98. The number of nitrogens with one attached hydrogen (secondary N) is 3. The first-order chi connectivity index (χ1) is 11.0. The van der Waals surface area contributed by atoms with Gasteiger partial charge in [-0.1, -0.05) is 6.07 Å². The zero-order valence-corrected chi connectivity index (χ0v) is 12.4. The Hall–Kier alpha value is -3.16. The van der Waals surface area contributed by atoms with Crippen LogP contribution >= 0.6 is 0 Å². The lowest BCUT2D eigenvalue weighted by atomic mass is 10.2. The van der Waals surface area contributed by atoms with Crippen LogP contribution in [0.25, 0.3) is 5.65 Å². The average Bonchev–Trinajstić information content (AvgIpc) is 2.91. The molecule has 0 aliphatic heterocycles. The minimum Gasteiger partial charge on any atom is -0.350 e. The number of carbonyl (C=O) groups excluding carboxylic acids is 1. The Labute approximate surface area is 130 Å². The summed E-state index contributed by atoms with van der Waals surface area (Å²) in [5, 5.41) is 7.02. The van der Waals surface area contributed by atoms with Crippen LogP contribution in [0.1, 0.15) is 16.8 Å². The van der Waals surface area contributed by atoms with Gasteiger partial charge in [0.1, 0.15) is 5.65 Å². The number of aromatic amines is 2. The van der Waals surface area contributed by atoms with E-state index in [-0.39, 0.29) is 24.4 Å². The number of imidazole rings is 1. The summed E-state index contributed by atoms with van der Waals surface area (Å²) < 4.78 is 1.89. The van der Waals surface area contributed by atoms with Gasteiger partial charge < -0.3 is 9.72 Å². The van der Waals surface area contributed by atoms with Gasteiger partial charge >= 0.3 is 0 Å². The van der Waals surface area contributed by atoms with Gasteiger partial charge in [-0.2, -0.15) is 0 Å². The molecule has 3 N–H and O–H groups in total. The van der Waals surface area contributed by atoms with Crippen molar-refractivity contribution in [3.05, 3.63) is 68.1 Å². The van der Waals surface area contributed by atoms with E-state index in [0.717, 1.165) is 17.3 Å². The van der Waals surface area contributed by atoms with Gasteiger partial charge in [-0.25, -0.2) is 4.98 Å². The predicted octanol–water partition coefficient (Wildman–Crippen LogP) is -0.122. The predicted molar refractivity (Wildman–Crippen MR) is 83.2 cm³/mol. The minimum atomic E-state index is -0.483.